The van der Waals surface area contributed by atoms with E-state index in [1.165, 1.54) is 6.26 Å². The largest absolute Gasteiger partial charge is 0.302 e. The molecule has 0 radical (unpaired) electrons. The maximum absolute atomic E-state index is 11.2. The van der Waals surface area contributed by atoms with E-state index >= 15 is 0 Å². The lowest BCUT2D eigenvalue weighted by atomic mass is 9.98. The van der Waals surface area contributed by atoms with Gasteiger partial charge in [0.05, 0.1) is 11.8 Å². The van der Waals surface area contributed by atoms with Crippen LogP contribution in [0, 0.1) is 11.3 Å². The lowest BCUT2D eigenvalue weighted by Crippen LogP contribution is -2.47. The summed E-state index contributed by atoms with van der Waals surface area (Å²) < 4.78 is 22.4. The van der Waals surface area contributed by atoms with E-state index in [1.54, 1.807) is 0 Å². The summed E-state index contributed by atoms with van der Waals surface area (Å²) in [4.78, 5) is 2.07. The highest BCUT2D eigenvalue weighted by atomic mass is 32.2. The first-order valence-electron chi connectivity index (χ1n) is 6.74. The minimum atomic E-state index is -2.92. The van der Waals surface area contributed by atoms with Gasteiger partial charge in [-0.3, -0.25) is 5.32 Å². The monoisotopic (exact) mass is 287 g/mol. The molecule has 1 aliphatic carbocycles. The number of sulfone groups is 1. The first kappa shape index (κ1) is 16.4. The molecule has 0 spiro atoms. The number of nitriles is 1. The van der Waals surface area contributed by atoms with Gasteiger partial charge in [0.25, 0.3) is 0 Å². The Morgan fingerprint density at radius 3 is 2.63 bits per heavy atom. The fraction of sp³-hybridized carbons (Fsp3) is 0.923. The van der Waals surface area contributed by atoms with Crippen LogP contribution >= 0.6 is 0 Å². The Hall–Kier alpha value is -0.640. The van der Waals surface area contributed by atoms with Crippen molar-refractivity contribution in [3.63, 3.8) is 0 Å². The van der Waals surface area contributed by atoms with Crippen molar-refractivity contribution < 1.29 is 8.42 Å². The fourth-order valence-corrected chi connectivity index (χ4v) is 3.33. The fourth-order valence-electron chi connectivity index (χ4n) is 2.71. The van der Waals surface area contributed by atoms with E-state index in [0.717, 1.165) is 19.3 Å². The van der Waals surface area contributed by atoms with Crippen molar-refractivity contribution in [2.45, 2.75) is 50.7 Å². The Bertz CT molecular complexity index is 441. The lowest BCUT2D eigenvalue weighted by Gasteiger charge is -2.28. The molecule has 1 N–H and O–H groups in total. The maximum atomic E-state index is 11.2. The van der Waals surface area contributed by atoms with Crippen LogP contribution < -0.4 is 5.32 Å². The average molecular weight is 287 g/mol. The average Bonchev–Trinajstić information content (AvgIpc) is 2.69. The summed E-state index contributed by atoms with van der Waals surface area (Å²) in [5.41, 5.74) is -0.446. The molecular formula is C13H25N3O2S. The lowest BCUT2D eigenvalue weighted by molar-refractivity contribution is 0.246. The van der Waals surface area contributed by atoms with Crippen LogP contribution in [0.5, 0.6) is 0 Å². The summed E-state index contributed by atoms with van der Waals surface area (Å²) in [7, 11) is -0.981. The van der Waals surface area contributed by atoms with Crippen molar-refractivity contribution >= 4 is 9.84 Å². The highest BCUT2D eigenvalue weighted by molar-refractivity contribution is 7.90. The number of hydrogen-bond acceptors (Lipinski definition) is 5. The third-order valence-corrected chi connectivity index (χ3v) is 4.63. The SMILES string of the molecule is CC(C)NC1(C#N)CCC(N(C)CCS(C)(=O)=O)C1. The van der Waals surface area contributed by atoms with Crippen LogP contribution in [0.3, 0.4) is 0 Å². The smallest absolute Gasteiger partial charge is 0.148 e. The van der Waals surface area contributed by atoms with Gasteiger partial charge in [-0.2, -0.15) is 5.26 Å². The van der Waals surface area contributed by atoms with Crippen molar-refractivity contribution in [2.24, 2.45) is 0 Å². The second-order valence-electron chi connectivity index (χ2n) is 6.00. The predicted molar refractivity (Wildman–Crippen MR) is 76.6 cm³/mol. The molecular weight excluding hydrogens is 262 g/mol. The molecule has 1 saturated carbocycles. The van der Waals surface area contributed by atoms with E-state index < -0.39 is 15.4 Å². The number of nitrogens with one attached hydrogen (secondary N) is 1. The Balaban J connectivity index is 2.57. The Morgan fingerprint density at radius 2 is 2.16 bits per heavy atom. The van der Waals surface area contributed by atoms with Crippen LogP contribution in [0.2, 0.25) is 0 Å². The summed E-state index contributed by atoms with van der Waals surface area (Å²) in [6.07, 6.45) is 3.79. The number of nitrogens with zero attached hydrogens (tertiary/aromatic N) is 2. The summed E-state index contributed by atoms with van der Waals surface area (Å²) in [5.74, 6) is 0.178. The van der Waals surface area contributed by atoms with Crippen LogP contribution in [0.1, 0.15) is 33.1 Å². The molecule has 0 saturated heterocycles. The van der Waals surface area contributed by atoms with Gasteiger partial charge in [-0.05, 0) is 40.2 Å². The summed E-state index contributed by atoms with van der Waals surface area (Å²) in [6, 6.07) is 2.97. The normalized spacial score (nSPS) is 27.9. The van der Waals surface area contributed by atoms with Crippen molar-refractivity contribution in [1.82, 2.24) is 10.2 Å². The molecule has 0 aromatic carbocycles. The molecule has 0 amide bonds. The van der Waals surface area contributed by atoms with Gasteiger partial charge in [0.1, 0.15) is 15.4 Å². The van der Waals surface area contributed by atoms with Gasteiger partial charge in [-0.15, -0.1) is 0 Å². The van der Waals surface area contributed by atoms with Gasteiger partial charge in [0.15, 0.2) is 0 Å². The Morgan fingerprint density at radius 1 is 1.53 bits per heavy atom. The van der Waals surface area contributed by atoms with Gasteiger partial charge in [-0.25, -0.2) is 8.42 Å². The molecule has 1 rings (SSSR count). The summed E-state index contributed by atoms with van der Waals surface area (Å²) in [6.45, 7) is 4.62. The maximum Gasteiger partial charge on any atom is 0.148 e. The molecule has 110 valence electrons. The molecule has 0 bridgehead atoms. The number of hydrogen-bond donors (Lipinski definition) is 1. The zero-order valence-electron chi connectivity index (χ0n) is 12.3. The molecule has 6 heteroatoms. The number of rotatable bonds is 6. The van der Waals surface area contributed by atoms with Gasteiger partial charge in [0.2, 0.25) is 0 Å². The van der Waals surface area contributed by atoms with Crippen LogP contribution in [-0.2, 0) is 9.84 Å². The van der Waals surface area contributed by atoms with E-state index in [9.17, 15) is 13.7 Å². The second-order valence-corrected chi connectivity index (χ2v) is 8.26. The summed E-state index contributed by atoms with van der Waals surface area (Å²) in [5, 5.41) is 12.8. The molecule has 19 heavy (non-hydrogen) atoms. The van der Waals surface area contributed by atoms with Crippen molar-refractivity contribution in [1.29, 1.82) is 5.26 Å². The molecule has 1 fully saturated rings. The van der Waals surface area contributed by atoms with E-state index in [-0.39, 0.29) is 17.8 Å². The van der Waals surface area contributed by atoms with Crippen LogP contribution in [0.15, 0.2) is 0 Å². The van der Waals surface area contributed by atoms with Gasteiger partial charge in [0, 0.05) is 24.9 Å². The van der Waals surface area contributed by atoms with Crippen molar-refractivity contribution in [3.05, 3.63) is 0 Å². The summed E-state index contributed by atoms with van der Waals surface area (Å²) >= 11 is 0. The van der Waals surface area contributed by atoms with Gasteiger partial charge >= 0.3 is 0 Å². The Kier molecular flexibility index (Phi) is 5.36. The predicted octanol–water partition coefficient (Wildman–Crippen LogP) is 0.776. The van der Waals surface area contributed by atoms with E-state index in [1.807, 2.05) is 20.9 Å². The van der Waals surface area contributed by atoms with E-state index in [4.69, 9.17) is 0 Å². The van der Waals surface area contributed by atoms with E-state index in [0.29, 0.717) is 6.54 Å². The van der Waals surface area contributed by atoms with Crippen molar-refractivity contribution in [3.8, 4) is 6.07 Å². The first-order valence-corrected chi connectivity index (χ1v) is 8.80. The molecule has 2 unspecified atom stereocenters. The minimum absolute atomic E-state index is 0.178. The molecule has 0 heterocycles. The zero-order valence-corrected chi connectivity index (χ0v) is 13.1. The molecule has 2 atom stereocenters. The standard InChI is InChI=1S/C13H25N3O2S/c1-11(2)15-13(10-14)6-5-12(9-13)16(3)7-8-19(4,17)18/h11-12,15H,5-9H2,1-4H3. The quantitative estimate of drug-likeness (QED) is 0.781. The van der Waals surface area contributed by atoms with Gasteiger partial charge in [-0.1, -0.05) is 0 Å². The van der Waals surface area contributed by atoms with Gasteiger partial charge < -0.3 is 4.90 Å². The highest BCUT2D eigenvalue weighted by Crippen LogP contribution is 2.32. The topological polar surface area (TPSA) is 73.2 Å². The van der Waals surface area contributed by atoms with Crippen molar-refractivity contribution in [2.75, 3.05) is 25.6 Å². The molecule has 0 aliphatic heterocycles. The minimum Gasteiger partial charge on any atom is -0.302 e. The molecule has 0 aromatic heterocycles. The zero-order chi connectivity index (χ0) is 14.7. The third kappa shape index (κ3) is 5.09. The molecule has 1 aliphatic rings. The Labute approximate surface area is 116 Å². The van der Waals surface area contributed by atoms with E-state index in [2.05, 4.69) is 16.3 Å². The van der Waals surface area contributed by atoms with Crippen LogP contribution in [0.4, 0.5) is 0 Å². The van der Waals surface area contributed by atoms with Crippen LogP contribution in [-0.4, -0.2) is 56.5 Å². The molecule has 5 nitrogen and oxygen atoms in total. The molecule has 0 aromatic rings. The second kappa shape index (κ2) is 6.21. The first-order chi connectivity index (χ1) is 8.67. The highest BCUT2D eigenvalue weighted by Gasteiger charge is 2.41. The third-order valence-electron chi connectivity index (χ3n) is 3.71. The van der Waals surface area contributed by atoms with Crippen LogP contribution in [0.25, 0.3) is 0 Å².